The van der Waals surface area contributed by atoms with Crippen LogP contribution in [0.15, 0.2) is 42.5 Å². The lowest BCUT2D eigenvalue weighted by atomic mass is 9.87. The molecule has 1 aliphatic rings. The van der Waals surface area contributed by atoms with Gasteiger partial charge < -0.3 is 19.5 Å². The van der Waals surface area contributed by atoms with E-state index in [-0.39, 0.29) is 31.3 Å². The molecule has 140 valence electrons. The zero-order chi connectivity index (χ0) is 19.3. The summed E-state index contributed by atoms with van der Waals surface area (Å²) in [6.07, 6.45) is 0. The van der Waals surface area contributed by atoms with Gasteiger partial charge >= 0.3 is 0 Å². The van der Waals surface area contributed by atoms with E-state index in [1.54, 1.807) is 18.2 Å². The predicted molar refractivity (Wildman–Crippen MR) is 103 cm³/mol. The average Bonchev–Trinajstić information content (AvgIpc) is 3.11. The van der Waals surface area contributed by atoms with Crippen molar-refractivity contribution in [2.75, 3.05) is 19.9 Å². The topological polar surface area (TPSA) is 56.8 Å². The van der Waals surface area contributed by atoms with E-state index >= 15 is 0 Å². The van der Waals surface area contributed by atoms with Crippen molar-refractivity contribution in [2.24, 2.45) is 0 Å². The van der Waals surface area contributed by atoms with Crippen molar-refractivity contribution in [1.82, 2.24) is 5.32 Å². The van der Waals surface area contributed by atoms with E-state index in [2.05, 4.69) is 37.9 Å². The summed E-state index contributed by atoms with van der Waals surface area (Å²) in [6.45, 7) is 7.16. The summed E-state index contributed by atoms with van der Waals surface area (Å²) in [5, 5.41) is 2.79. The number of carbonyl (C=O) groups excluding carboxylic acids is 1. The minimum Gasteiger partial charge on any atom is -0.481 e. The van der Waals surface area contributed by atoms with Crippen LogP contribution in [0.3, 0.4) is 0 Å². The first kappa shape index (κ1) is 18.7. The van der Waals surface area contributed by atoms with Crippen molar-refractivity contribution in [2.45, 2.75) is 26.2 Å². The molecule has 0 saturated heterocycles. The Bertz CT molecular complexity index is 870. The zero-order valence-electron chi connectivity index (χ0n) is 15.8. The molecule has 2 aromatic carbocycles. The Balaban J connectivity index is 1.43. The second-order valence-corrected chi connectivity index (χ2v) is 7.17. The minimum atomic E-state index is -0.138. The number of ether oxygens (including phenoxy) is 3. The lowest BCUT2D eigenvalue weighted by molar-refractivity contribution is 0.0958. The van der Waals surface area contributed by atoms with E-state index in [4.69, 9.17) is 14.2 Å². The van der Waals surface area contributed by atoms with Crippen LogP contribution in [0.4, 0.5) is 0 Å². The van der Waals surface area contributed by atoms with Crippen molar-refractivity contribution in [3.8, 4) is 29.1 Å². The van der Waals surface area contributed by atoms with Gasteiger partial charge in [-0.15, -0.1) is 0 Å². The number of amides is 1. The Morgan fingerprint density at radius 3 is 2.56 bits per heavy atom. The van der Waals surface area contributed by atoms with Crippen LogP contribution in [-0.4, -0.2) is 25.9 Å². The second kappa shape index (κ2) is 8.05. The van der Waals surface area contributed by atoms with Crippen LogP contribution in [0.1, 0.15) is 36.7 Å². The molecule has 3 rings (SSSR count). The molecule has 0 fully saturated rings. The van der Waals surface area contributed by atoms with Gasteiger partial charge in [-0.2, -0.15) is 0 Å². The molecule has 27 heavy (non-hydrogen) atoms. The van der Waals surface area contributed by atoms with E-state index in [1.807, 2.05) is 24.3 Å². The summed E-state index contributed by atoms with van der Waals surface area (Å²) in [6, 6.07) is 13.0. The fraction of sp³-hybridized carbons (Fsp3) is 0.318. The summed E-state index contributed by atoms with van der Waals surface area (Å²) in [4.78, 5) is 12.1. The molecular weight excluding hydrogens is 342 g/mol. The average molecular weight is 365 g/mol. The first-order valence-electron chi connectivity index (χ1n) is 8.80. The molecular formula is C22H23NO4. The van der Waals surface area contributed by atoms with Crippen LogP contribution in [0, 0.1) is 11.8 Å². The van der Waals surface area contributed by atoms with Crippen molar-refractivity contribution < 1.29 is 19.0 Å². The van der Waals surface area contributed by atoms with Gasteiger partial charge in [0.1, 0.15) is 12.4 Å². The monoisotopic (exact) mass is 365 g/mol. The number of benzene rings is 2. The number of rotatable bonds is 4. The van der Waals surface area contributed by atoms with Crippen LogP contribution in [0.25, 0.3) is 0 Å². The summed E-state index contributed by atoms with van der Waals surface area (Å²) >= 11 is 0. The summed E-state index contributed by atoms with van der Waals surface area (Å²) < 4.78 is 16.1. The fourth-order valence-electron chi connectivity index (χ4n) is 2.55. The third-order valence-electron chi connectivity index (χ3n) is 4.13. The van der Waals surface area contributed by atoms with Crippen molar-refractivity contribution in [1.29, 1.82) is 0 Å². The highest BCUT2D eigenvalue weighted by molar-refractivity contribution is 5.94. The smallest absolute Gasteiger partial charge is 0.252 e. The molecule has 0 aliphatic carbocycles. The van der Waals surface area contributed by atoms with Gasteiger partial charge in [0, 0.05) is 11.6 Å². The summed E-state index contributed by atoms with van der Waals surface area (Å²) in [7, 11) is 0. The maximum absolute atomic E-state index is 12.1. The standard InChI is InChI=1S/C22H23NO4/c1-22(2,3)17-8-6-16(7-9-17)21(24)23-12-4-5-13-25-18-10-11-19-20(14-18)27-15-26-19/h6-11,14H,12-13,15H2,1-3H3,(H,23,24). The van der Waals surface area contributed by atoms with Gasteiger partial charge in [-0.25, -0.2) is 0 Å². The third-order valence-corrected chi connectivity index (χ3v) is 4.13. The van der Waals surface area contributed by atoms with E-state index in [0.717, 1.165) is 0 Å². The van der Waals surface area contributed by atoms with Gasteiger partial charge in [0.25, 0.3) is 5.91 Å². The molecule has 0 radical (unpaired) electrons. The van der Waals surface area contributed by atoms with Crippen LogP contribution >= 0.6 is 0 Å². The van der Waals surface area contributed by atoms with Gasteiger partial charge in [-0.1, -0.05) is 44.7 Å². The first-order valence-corrected chi connectivity index (χ1v) is 8.80. The molecule has 0 saturated carbocycles. The Kier molecular flexibility index (Phi) is 5.56. The molecule has 1 heterocycles. The highest BCUT2D eigenvalue weighted by Gasteiger charge is 2.14. The van der Waals surface area contributed by atoms with Gasteiger partial charge in [0.15, 0.2) is 11.5 Å². The zero-order valence-corrected chi connectivity index (χ0v) is 15.8. The predicted octanol–water partition coefficient (Wildman–Crippen LogP) is 3.53. The first-order chi connectivity index (χ1) is 12.9. The van der Waals surface area contributed by atoms with Gasteiger partial charge in [0.05, 0.1) is 6.54 Å². The van der Waals surface area contributed by atoms with Gasteiger partial charge in [-0.05, 0) is 35.2 Å². The minimum absolute atomic E-state index is 0.0679. The largest absolute Gasteiger partial charge is 0.481 e. The summed E-state index contributed by atoms with van der Waals surface area (Å²) in [5.74, 6) is 7.67. The Hall–Kier alpha value is -3.13. The van der Waals surface area contributed by atoms with E-state index in [9.17, 15) is 4.79 Å². The third kappa shape index (κ3) is 4.95. The fourth-order valence-corrected chi connectivity index (χ4v) is 2.55. The number of nitrogens with one attached hydrogen (secondary N) is 1. The molecule has 0 atom stereocenters. The molecule has 0 bridgehead atoms. The molecule has 2 aromatic rings. The molecule has 1 aliphatic heterocycles. The molecule has 5 heteroatoms. The Morgan fingerprint density at radius 2 is 1.81 bits per heavy atom. The molecule has 1 amide bonds. The molecule has 1 N–H and O–H groups in total. The highest BCUT2D eigenvalue weighted by atomic mass is 16.7. The molecule has 0 spiro atoms. The van der Waals surface area contributed by atoms with Crippen molar-refractivity contribution in [3.05, 3.63) is 53.6 Å². The van der Waals surface area contributed by atoms with E-state index in [1.165, 1.54) is 5.56 Å². The summed E-state index contributed by atoms with van der Waals surface area (Å²) in [5.41, 5.74) is 1.89. The highest BCUT2D eigenvalue weighted by Crippen LogP contribution is 2.34. The van der Waals surface area contributed by atoms with Crippen LogP contribution in [0.2, 0.25) is 0 Å². The SMILES string of the molecule is CC(C)(C)c1ccc(C(=O)NCC#CCOc2ccc3c(c2)OCO3)cc1. The van der Waals surface area contributed by atoms with Gasteiger partial charge in [0.2, 0.25) is 6.79 Å². The van der Waals surface area contributed by atoms with Gasteiger partial charge in [-0.3, -0.25) is 4.79 Å². The quantitative estimate of drug-likeness (QED) is 0.843. The number of fused-ring (bicyclic) bond motifs is 1. The maximum atomic E-state index is 12.1. The van der Waals surface area contributed by atoms with E-state index < -0.39 is 0 Å². The number of carbonyl (C=O) groups is 1. The van der Waals surface area contributed by atoms with Crippen molar-refractivity contribution in [3.63, 3.8) is 0 Å². The maximum Gasteiger partial charge on any atom is 0.252 e. The lowest BCUT2D eigenvalue weighted by Gasteiger charge is -2.18. The number of hydrogen-bond donors (Lipinski definition) is 1. The normalized spacial score (nSPS) is 12.1. The van der Waals surface area contributed by atoms with Crippen LogP contribution < -0.4 is 19.5 Å². The van der Waals surface area contributed by atoms with E-state index in [0.29, 0.717) is 22.8 Å². The van der Waals surface area contributed by atoms with Crippen LogP contribution in [0.5, 0.6) is 17.2 Å². The molecule has 5 nitrogen and oxygen atoms in total. The van der Waals surface area contributed by atoms with Crippen LogP contribution in [-0.2, 0) is 5.41 Å². The van der Waals surface area contributed by atoms with Crippen molar-refractivity contribution >= 4 is 5.91 Å². The Labute approximate surface area is 159 Å². The lowest BCUT2D eigenvalue weighted by Crippen LogP contribution is -2.23. The molecule has 0 unspecified atom stereocenters. The second-order valence-electron chi connectivity index (χ2n) is 7.17. The number of hydrogen-bond acceptors (Lipinski definition) is 4. The Morgan fingerprint density at radius 1 is 1.07 bits per heavy atom. The molecule has 0 aromatic heterocycles.